The molecule has 1 saturated heterocycles. The molecular weight excluding hydrogens is 293 g/mol. The van der Waals surface area contributed by atoms with Crippen molar-refractivity contribution in [2.45, 2.75) is 38.9 Å². The highest BCUT2D eigenvalue weighted by atomic mass is 35.5. The van der Waals surface area contributed by atoms with E-state index in [-0.39, 0.29) is 6.61 Å². The van der Waals surface area contributed by atoms with Gasteiger partial charge in [-0.25, -0.2) is 4.39 Å². The monoisotopic (exact) mass is 312 g/mol. The molecule has 1 aromatic carbocycles. The molecule has 2 rings (SSSR count). The largest absolute Gasteiger partial charge is 0.492 e. The van der Waals surface area contributed by atoms with E-state index in [4.69, 9.17) is 20.9 Å². The normalized spacial score (nSPS) is 20.9. The third-order valence-corrected chi connectivity index (χ3v) is 4.19. The molecule has 114 valence electrons. The Kier molecular flexibility index (Phi) is 4.50. The number of aliphatic hydroxyl groups excluding tert-OH is 1. The standard InChI is InChI=1S/C15H19BClFO3/c1-14(2)15(3,4)21-16(20-14)11(9-19)5-10-6-12(17)8-13(18)7-10/h5-8,19H,9H2,1-4H3. The van der Waals surface area contributed by atoms with Crippen LogP contribution in [0.4, 0.5) is 4.39 Å². The summed E-state index contributed by atoms with van der Waals surface area (Å²) < 4.78 is 25.1. The Bertz CT molecular complexity index is 536. The first-order chi connectivity index (χ1) is 9.64. The first-order valence-electron chi connectivity index (χ1n) is 6.78. The van der Waals surface area contributed by atoms with Gasteiger partial charge in [-0.1, -0.05) is 17.7 Å². The topological polar surface area (TPSA) is 38.7 Å². The molecule has 0 bridgehead atoms. The Morgan fingerprint density at radius 1 is 1.24 bits per heavy atom. The maximum atomic E-state index is 13.4. The van der Waals surface area contributed by atoms with E-state index in [0.29, 0.717) is 16.1 Å². The van der Waals surface area contributed by atoms with E-state index in [1.807, 2.05) is 27.7 Å². The van der Waals surface area contributed by atoms with Gasteiger partial charge in [-0.3, -0.25) is 0 Å². The molecule has 0 aliphatic carbocycles. The highest BCUT2D eigenvalue weighted by Gasteiger charge is 2.52. The minimum Gasteiger partial charge on any atom is -0.400 e. The number of hydrogen-bond acceptors (Lipinski definition) is 3. The van der Waals surface area contributed by atoms with Gasteiger partial charge in [0.1, 0.15) is 5.82 Å². The fourth-order valence-electron chi connectivity index (χ4n) is 2.06. The quantitative estimate of drug-likeness (QED) is 0.868. The predicted octanol–water partition coefficient (Wildman–Crippen LogP) is 3.49. The van der Waals surface area contributed by atoms with Gasteiger partial charge in [-0.05, 0) is 56.9 Å². The molecule has 3 nitrogen and oxygen atoms in total. The van der Waals surface area contributed by atoms with E-state index < -0.39 is 24.1 Å². The van der Waals surface area contributed by atoms with Crippen LogP contribution in [0.25, 0.3) is 6.08 Å². The summed E-state index contributed by atoms with van der Waals surface area (Å²) in [5.74, 6) is -0.431. The molecule has 0 amide bonds. The smallest absolute Gasteiger partial charge is 0.400 e. The number of hydrogen-bond donors (Lipinski definition) is 1. The third kappa shape index (κ3) is 3.48. The average Bonchev–Trinajstić information content (AvgIpc) is 2.54. The van der Waals surface area contributed by atoms with Gasteiger partial charge < -0.3 is 14.4 Å². The van der Waals surface area contributed by atoms with Crippen molar-refractivity contribution in [2.24, 2.45) is 0 Å². The molecule has 1 fully saturated rings. The molecule has 1 aromatic rings. The second-order valence-electron chi connectivity index (χ2n) is 6.17. The minimum absolute atomic E-state index is 0.245. The summed E-state index contributed by atoms with van der Waals surface area (Å²) in [6.45, 7) is 7.48. The molecule has 0 unspecified atom stereocenters. The molecule has 0 aromatic heterocycles. The molecule has 1 N–H and O–H groups in total. The number of rotatable bonds is 3. The van der Waals surface area contributed by atoms with Crippen LogP contribution < -0.4 is 0 Å². The van der Waals surface area contributed by atoms with Gasteiger partial charge in [-0.15, -0.1) is 0 Å². The van der Waals surface area contributed by atoms with E-state index >= 15 is 0 Å². The first-order valence-corrected chi connectivity index (χ1v) is 7.15. The Balaban J connectivity index is 2.30. The SMILES string of the molecule is CC1(C)OB(C(=Cc2cc(F)cc(Cl)c2)CO)OC1(C)C. The lowest BCUT2D eigenvalue weighted by Gasteiger charge is -2.32. The van der Waals surface area contributed by atoms with Crippen LogP contribution in [0.1, 0.15) is 33.3 Å². The van der Waals surface area contributed by atoms with Crippen molar-refractivity contribution < 1.29 is 18.8 Å². The number of benzene rings is 1. The lowest BCUT2D eigenvalue weighted by atomic mass is 9.77. The molecule has 0 atom stereocenters. The summed E-state index contributed by atoms with van der Waals surface area (Å²) in [5.41, 5.74) is 0.0888. The van der Waals surface area contributed by atoms with Crippen LogP contribution in [0.5, 0.6) is 0 Å². The van der Waals surface area contributed by atoms with E-state index in [9.17, 15) is 9.50 Å². The van der Waals surface area contributed by atoms with E-state index in [1.165, 1.54) is 12.1 Å². The fourth-order valence-corrected chi connectivity index (χ4v) is 2.29. The highest BCUT2D eigenvalue weighted by Crippen LogP contribution is 2.38. The number of halogens is 2. The van der Waals surface area contributed by atoms with Crippen LogP contribution >= 0.6 is 11.6 Å². The summed E-state index contributed by atoms with van der Waals surface area (Å²) in [4.78, 5) is 0. The van der Waals surface area contributed by atoms with Crippen molar-refractivity contribution in [1.29, 1.82) is 0 Å². The van der Waals surface area contributed by atoms with Gasteiger partial charge in [0.05, 0.1) is 17.8 Å². The van der Waals surface area contributed by atoms with Crippen molar-refractivity contribution in [3.63, 3.8) is 0 Å². The molecule has 1 aliphatic heterocycles. The Morgan fingerprint density at radius 2 is 1.81 bits per heavy atom. The van der Waals surface area contributed by atoms with Gasteiger partial charge in [0.2, 0.25) is 0 Å². The van der Waals surface area contributed by atoms with Crippen molar-refractivity contribution >= 4 is 24.8 Å². The molecular formula is C15H19BClFO3. The van der Waals surface area contributed by atoms with Gasteiger partial charge in [-0.2, -0.15) is 0 Å². The van der Waals surface area contributed by atoms with Crippen LogP contribution in [0.2, 0.25) is 5.02 Å². The Morgan fingerprint density at radius 3 is 2.29 bits per heavy atom. The average molecular weight is 313 g/mol. The molecule has 21 heavy (non-hydrogen) atoms. The van der Waals surface area contributed by atoms with Crippen molar-refractivity contribution in [3.8, 4) is 0 Å². The first kappa shape index (κ1) is 16.5. The second kappa shape index (κ2) is 5.73. The van der Waals surface area contributed by atoms with Gasteiger partial charge >= 0.3 is 7.12 Å². The van der Waals surface area contributed by atoms with E-state index in [0.717, 1.165) is 0 Å². The highest BCUT2D eigenvalue weighted by molar-refractivity contribution is 6.55. The van der Waals surface area contributed by atoms with Crippen LogP contribution in [0.15, 0.2) is 23.7 Å². The van der Waals surface area contributed by atoms with Crippen LogP contribution in [0.3, 0.4) is 0 Å². The molecule has 0 radical (unpaired) electrons. The zero-order valence-electron chi connectivity index (χ0n) is 12.6. The molecule has 0 spiro atoms. The van der Waals surface area contributed by atoms with Gasteiger partial charge in [0, 0.05) is 5.02 Å². The van der Waals surface area contributed by atoms with Crippen molar-refractivity contribution in [3.05, 3.63) is 40.1 Å². The number of aliphatic hydroxyl groups is 1. The maximum absolute atomic E-state index is 13.4. The van der Waals surface area contributed by atoms with Gasteiger partial charge in [0.15, 0.2) is 0 Å². The molecule has 0 saturated carbocycles. The van der Waals surface area contributed by atoms with E-state index in [1.54, 1.807) is 12.1 Å². The molecule has 6 heteroatoms. The second-order valence-corrected chi connectivity index (χ2v) is 6.60. The molecule has 1 aliphatic rings. The third-order valence-electron chi connectivity index (χ3n) is 3.98. The predicted molar refractivity (Wildman–Crippen MR) is 82.6 cm³/mol. The Hall–Kier alpha value is -0.875. The summed E-state index contributed by atoms with van der Waals surface area (Å²) in [6, 6.07) is 4.19. The Labute approximate surface area is 129 Å². The van der Waals surface area contributed by atoms with Crippen LogP contribution in [0, 0.1) is 5.82 Å². The van der Waals surface area contributed by atoms with Crippen LogP contribution in [-0.2, 0) is 9.31 Å². The zero-order valence-corrected chi connectivity index (χ0v) is 13.4. The van der Waals surface area contributed by atoms with E-state index in [2.05, 4.69) is 0 Å². The summed E-state index contributed by atoms with van der Waals surface area (Å²) in [6.07, 6.45) is 1.64. The molecule has 1 heterocycles. The minimum atomic E-state index is -0.665. The maximum Gasteiger partial charge on any atom is 0.492 e. The summed E-state index contributed by atoms with van der Waals surface area (Å²) >= 11 is 5.83. The van der Waals surface area contributed by atoms with Crippen LogP contribution in [-0.4, -0.2) is 30.0 Å². The van der Waals surface area contributed by atoms with Crippen molar-refractivity contribution in [1.82, 2.24) is 0 Å². The zero-order chi connectivity index (χ0) is 15.8. The summed E-state index contributed by atoms with van der Waals surface area (Å²) in [5, 5.41) is 9.87. The van der Waals surface area contributed by atoms with Crippen molar-refractivity contribution in [2.75, 3.05) is 6.61 Å². The lowest BCUT2D eigenvalue weighted by molar-refractivity contribution is 0.00578. The lowest BCUT2D eigenvalue weighted by Crippen LogP contribution is -2.41. The fraction of sp³-hybridized carbons (Fsp3) is 0.467. The van der Waals surface area contributed by atoms with Gasteiger partial charge in [0.25, 0.3) is 0 Å². The summed E-state index contributed by atoms with van der Waals surface area (Å²) in [7, 11) is -0.665.